The molecule has 0 radical (unpaired) electrons. The van der Waals surface area contributed by atoms with E-state index in [1.807, 2.05) is 0 Å². The summed E-state index contributed by atoms with van der Waals surface area (Å²) in [6.45, 7) is 0. The molecule has 7 nitrogen and oxygen atoms in total. The van der Waals surface area contributed by atoms with Crippen molar-refractivity contribution in [2.24, 2.45) is 10.9 Å². The summed E-state index contributed by atoms with van der Waals surface area (Å²) in [6.07, 6.45) is 1.50. The molecule has 0 aliphatic carbocycles. The normalized spacial score (nSPS) is 11.3. The molecule has 0 saturated carbocycles. The third-order valence-electron chi connectivity index (χ3n) is 2.54. The number of aromatic nitrogens is 2. The van der Waals surface area contributed by atoms with Crippen LogP contribution in [-0.4, -0.2) is 27.1 Å². The van der Waals surface area contributed by atoms with Gasteiger partial charge in [0.25, 0.3) is 0 Å². The zero-order valence-electron chi connectivity index (χ0n) is 10.3. The Bertz CT molecular complexity index is 653. The van der Waals surface area contributed by atoms with Gasteiger partial charge in [-0.1, -0.05) is 28.9 Å². The number of halogens is 1. The number of nitrogens with one attached hydrogen (secondary N) is 2. The Morgan fingerprint density at radius 1 is 1.55 bits per heavy atom. The van der Waals surface area contributed by atoms with Crippen molar-refractivity contribution in [3.05, 3.63) is 46.6 Å². The molecule has 1 aromatic heterocycles. The molecule has 1 aromatic carbocycles. The van der Waals surface area contributed by atoms with Crippen LogP contribution >= 0.6 is 11.6 Å². The highest BCUT2D eigenvalue weighted by Gasteiger charge is 2.12. The van der Waals surface area contributed by atoms with Gasteiger partial charge >= 0.3 is 0 Å². The van der Waals surface area contributed by atoms with E-state index in [0.29, 0.717) is 10.6 Å². The average Bonchev–Trinajstić information content (AvgIpc) is 2.85. The van der Waals surface area contributed by atoms with Gasteiger partial charge in [0.1, 0.15) is 5.82 Å². The zero-order valence-corrected chi connectivity index (χ0v) is 11.1. The highest BCUT2D eigenvalue weighted by Crippen LogP contribution is 2.13. The molecule has 5 N–H and O–H groups in total. The number of carbonyl (C=O) groups is 1. The minimum absolute atomic E-state index is 0.142. The second-order valence-electron chi connectivity index (χ2n) is 4.00. The molecule has 0 atom stereocenters. The van der Waals surface area contributed by atoms with Gasteiger partial charge in [0.05, 0.1) is 18.2 Å². The summed E-state index contributed by atoms with van der Waals surface area (Å²) in [5.74, 6) is -0.146. The number of nitrogens with zero attached hydrogens (tertiary/aromatic N) is 2. The number of H-pyrrole nitrogens is 1. The molecule has 0 saturated heterocycles. The van der Waals surface area contributed by atoms with Crippen molar-refractivity contribution in [2.45, 2.75) is 6.42 Å². The lowest BCUT2D eigenvalue weighted by Crippen LogP contribution is -2.19. The molecule has 2 aromatic rings. The Kier molecular flexibility index (Phi) is 4.21. The SMILES string of the molecule is NC(=NO)c1cn[nH]c1NC(=O)Cc1cccc(Cl)c1. The second kappa shape index (κ2) is 6.07. The van der Waals surface area contributed by atoms with Crippen LogP contribution in [0.5, 0.6) is 0 Å². The maximum Gasteiger partial charge on any atom is 0.229 e. The predicted molar refractivity (Wildman–Crippen MR) is 74.9 cm³/mol. The van der Waals surface area contributed by atoms with Crippen molar-refractivity contribution in [1.82, 2.24) is 10.2 Å². The van der Waals surface area contributed by atoms with Crippen LogP contribution in [0.25, 0.3) is 0 Å². The molecule has 8 heteroatoms. The van der Waals surface area contributed by atoms with E-state index in [1.54, 1.807) is 24.3 Å². The Balaban J connectivity index is 2.07. The summed E-state index contributed by atoms with van der Waals surface area (Å²) in [6, 6.07) is 7.00. The molecule has 0 aliphatic heterocycles. The highest BCUT2D eigenvalue weighted by molar-refractivity contribution is 6.30. The first-order chi connectivity index (χ1) is 9.60. The lowest BCUT2D eigenvalue weighted by Gasteiger charge is -2.05. The van der Waals surface area contributed by atoms with Gasteiger partial charge in [-0.2, -0.15) is 5.10 Å². The van der Waals surface area contributed by atoms with E-state index >= 15 is 0 Å². The molecule has 1 amide bonds. The summed E-state index contributed by atoms with van der Waals surface area (Å²) in [4.78, 5) is 11.9. The van der Waals surface area contributed by atoms with E-state index in [-0.39, 0.29) is 24.0 Å². The molecule has 0 spiro atoms. The van der Waals surface area contributed by atoms with Crippen molar-refractivity contribution in [1.29, 1.82) is 0 Å². The number of hydrogen-bond donors (Lipinski definition) is 4. The average molecular weight is 294 g/mol. The number of amidine groups is 1. The van der Waals surface area contributed by atoms with Crippen LogP contribution in [0.1, 0.15) is 11.1 Å². The highest BCUT2D eigenvalue weighted by atomic mass is 35.5. The minimum atomic E-state index is -0.275. The molecule has 20 heavy (non-hydrogen) atoms. The summed E-state index contributed by atoms with van der Waals surface area (Å²) in [5, 5.41) is 21.0. The van der Waals surface area contributed by atoms with Crippen LogP contribution in [0.3, 0.4) is 0 Å². The standard InChI is InChI=1S/C12H12ClN5O2/c13-8-3-1-2-7(4-8)5-10(19)16-12-9(6-15-17-12)11(14)18-20/h1-4,6,20H,5H2,(H2,14,18)(H2,15,16,17,19). The molecular weight excluding hydrogens is 282 g/mol. The molecule has 104 valence electrons. The lowest BCUT2D eigenvalue weighted by molar-refractivity contribution is -0.115. The maximum absolute atomic E-state index is 11.9. The third kappa shape index (κ3) is 3.27. The second-order valence-corrected chi connectivity index (χ2v) is 4.44. The number of aromatic amines is 1. The minimum Gasteiger partial charge on any atom is -0.409 e. The first-order valence-corrected chi connectivity index (χ1v) is 6.03. The van der Waals surface area contributed by atoms with Crippen molar-refractivity contribution >= 4 is 29.2 Å². The molecule has 0 aliphatic rings. The summed E-state index contributed by atoms with van der Waals surface area (Å²) in [5.41, 5.74) is 6.55. The van der Waals surface area contributed by atoms with Crippen molar-refractivity contribution in [3.8, 4) is 0 Å². The molecule has 0 bridgehead atoms. The van der Waals surface area contributed by atoms with E-state index in [9.17, 15) is 4.79 Å². The topological polar surface area (TPSA) is 116 Å². The maximum atomic E-state index is 11.9. The number of carbonyl (C=O) groups excluding carboxylic acids is 1. The Morgan fingerprint density at radius 3 is 3.05 bits per heavy atom. The molecule has 0 fully saturated rings. The summed E-state index contributed by atoms with van der Waals surface area (Å²) in [7, 11) is 0. The number of nitrogens with two attached hydrogens (primary N) is 1. The van der Waals surface area contributed by atoms with Crippen LogP contribution in [0.2, 0.25) is 5.02 Å². The summed E-state index contributed by atoms with van der Waals surface area (Å²) >= 11 is 5.85. The van der Waals surface area contributed by atoms with Crippen LogP contribution in [0.4, 0.5) is 5.82 Å². The predicted octanol–water partition coefficient (Wildman–Crippen LogP) is 1.34. The van der Waals surface area contributed by atoms with Gasteiger partial charge in [0.15, 0.2) is 5.84 Å². The first-order valence-electron chi connectivity index (χ1n) is 5.65. The molecule has 1 heterocycles. The van der Waals surface area contributed by atoms with E-state index < -0.39 is 0 Å². The van der Waals surface area contributed by atoms with Crippen molar-refractivity contribution in [3.63, 3.8) is 0 Å². The van der Waals surface area contributed by atoms with Crippen molar-refractivity contribution in [2.75, 3.05) is 5.32 Å². The number of rotatable bonds is 4. The third-order valence-corrected chi connectivity index (χ3v) is 2.78. The summed E-state index contributed by atoms with van der Waals surface area (Å²) < 4.78 is 0. The molecule has 0 unspecified atom stereocenters. The van der Waals surface area contributed by atoms with Gasteiger partial charge in [-0.25, -0.2) is 0 Å². The smallest absolute Gasteiger partial charge is 0.229 e. The van der Waals surface area contributed by atoms with Crippen LogP contribution in [0, 0.1) is 0 Å². The van der Waals surface area contributed by atoms with Gasteiger partial charge in [-0.15, -0.1) is 0 Å². The van der Waals surface area contributed by atoms with Crippen molar-refractivity contribution < 1.29 is 10.0 Å². The molecule has 2 rings (SSSR count). The number of benzene rings is 1. The number of hydrogen-bond acceptors (Lipinski definition) is 4. The van der Waals surface area contributed by atoms with Gasteiger partial charge < -0.3 is 16.3 Å². The van der Waals surface area contributed by atoms with Gasteiger partial charge in [0, 0.05) is 5.02 Å². The monoisotopic (exact) mass is 293 g/mol. The quantitative estimate of drug-likeness (QED) is 0.294. The molecular formula is C12H12ClN5O2. The largest absolute Gasteiger partial charge is 0.409 e. The lowest BCUT2D eigenvalue weighted by atomic mass is 10.1. The Morgan fingerprint density at radius 2 is 2.35 bits per heavy atom. The van der Waals surface area contributed by atoms with E-state index in [1.165, 1.54) is 6.20 Å². The van der Waals surface area contributed by atoms with Crippen LogP contribution in [-0.2, 0) is 11.2 Å². The van der Waals surface area contributed by atoms with Gasteiger partial charge in [-0.3, -0.25) is 9.89 Å². The Labute approximate surface area is 119 Å². The van der Waals surface area contributed by atoms with Gasteiger partial charge in [-0.05, 0) is 17.7 Å². The first kappa shape index (κ1) is 13.9. The van der Waals surface area contributed by atoms with E-state index in [0.717, 1.165) is 5.56 Å². The van der Waals surface area contributed by atoms with Gasteiger partial charge in [0.2, 0.25) is 5.91 Å². The van der Waals surface area contributed by atoms with Crippen LogP contribution < -0.4 is 11.1 Å². The fourth-order valence-electron chi connectivity index (χ4n) is 1.65. The fourth-order valence-corrected chi connectivity index (χ4v) is 1.86. The number of anilines is 1. The van der Waals surface area contributed by atoms with E-state index in [4.69, 9.17) is 22.5 Å². The van der Waals surface area contributed by atoms with E-state index in [2.05, 4.69) is 20.7 Å². The zero-order chi connectivity index (χ0) is 14.5. The number of oxime groups is 1. The van der Waals surface area contributed by atoms with Crippen LogP contribution in [0.15, 0.2) is 35.6 Å². The number of amides is 1. The fraction of sp³-hybridized carbons (Fsp3) is 0.0833. The Hall–Kier alpha value is -2.54.